The molecule has 3 atom stereocenters. The van der Waals surface area contributed by atoms with Crippen molar-refractivity contribution in [2.45, 2.75) is 46.0 Å². The van der Waals surface area contributed by atoms with Gasteiger partial charge in [0.05, 0.1) is 5.75 Å². The first-order valence-electron chi connectivity index (χ1n) is 6.89. The van der Waals surface area contributed by atoms with E-state index < -0.39 is 9.84 Å². The van der Waals surface area contributed by atoms with Crippen LogP contribution in [0.4, 0.5) is 0 Å². The van der Waals surface area contributed by atoms with E-state index >= 15 is 0 Å². The zero-order valence-electron chi connectivity index (χ0n) is 11.2. The summed E-state index contributed by atoms with van der Waals surface area (Å²) in [6.45, 7) is 4.90. The van der Waals surface area contributed by atoms with Crippen molar-refractivity contribution in [1.82, 2.24) is 0 Å². The Morgan fingerprint density at radius 3 is 2.47 bits per heavy atom. The number of hydrogen-bond acceptors (Lipinski definition) is 3. The van der Waals surface area contributed by atoms with Crippen LogP contribution in [0.2, 0.25) is 0 Å². The zero-order chi connectivity index (χ0) is 12.9. The quantitative estimate of drug-likeness (QED) is 0.797. The molecule has 0 amide bonds. The van der Waals surface area contributed by atoms with Crippen molar-refractivity contribution in [1.29, 1.82) is 0 Å². The predicted octanol–water partition coefficient (Wildman–Crippen LogP) is 2.21. The number of sulfone groups is 1. The fourth-order valence-corrected chi connectivity index (χ4v) is 4.46. The average molecular weight is 261 g/mol. The fourth-order valence-electron chi connectivity index (χ4n) is 2.97. The molecule has 0 heterocycles. The molecule has 0 spiro atoms. The monoisotopic (exact) mass is 261 g/mol. The Hall–Kier alpha value is -0.0900. The lowest BCUT2D eigenvalue weighted by molar-refractivity contribution is 0.190. The third-order valence-electron chi connectivity index (χ3n) is 4.02. The van der Waals surface area contributed by atoms with Crippen LogP contribution in [0.25, 0.3) is 0 Å². The lowest BCUT2D eigenvalue weighted by Crippen LogP contribution is -2.31. The Morgan fingerprint density at radius 1 is 1.18 bits per heavy atom. The van der Waals surface area contributed by atoms with E-state index in [4.69, 9.17) is 5.73 Å². The maximum absolute atomic E-state index is 11.7. The molecule has 0 saturated heterocycles. The largest absolute Gasteiger partial charge is 0.330 e. The summed E-state index contributed by atoms with van der Waals surface area (Å²) in [6, 6.07) is 0. The van der Waals surface area contributed by atoms with E-state index in [1.54, 1.807) is 0 Å². The second-order valence-corrected chi connectivity index (χ2v) is 7.92. The molecule has 3 nitrogen and oxygen atoms in total. The molecule has 0 aromatic heterocycles. The predicted molar refractivity (Wildman–Crippen MR) is 72.6 cm³/mol. The van der Waals surface area contributed by atoms with Gasteiger partial charge >= 0.3 is 0 Å². The summed E-state index contributed by atoms with van der Waals surface area (Å²) in [4.78, 5) is 0. The summed E-state index contributed by atoms with van der Waals surface area (Å²) in [7, 11) is -2.82. The van der Waals surface area contributed by atoms with E-state index in [-0.39, 0.29) is 0 Å². The van der Waals surface area contributed by atoms with Gasteiger partial charge < -0.3 is 5.73 Å². The van der Waals surface area contributed by atoms with Crippen molar-refractivity contribution >= 4 is 9.84 Å². The molecule has 0 radical (unpaired) electrons. The molecule has 1 aliphatic carbocycles. The molecule has 0 aromatic rings. The molecule has 1 aliphatic rings. The second-order valence-electron chi connectivity index (χ2n) is 5.61. The van der Waals surface area contributed by atoms with Crippen LogP contribution < -0.4 is 5.73 Å². The standard InChI is InChI=1S/C13H27NO2S/c1-3-7-17(15,16)8-6-12-9-11(2)4-5-13(12)10-14/h11-13H,3-10,14H2,1-2H3. The third-order valence-corrected chi connectivity index (χ3v) is 5.91. The highest BCUT2D eigenvalue weighted by Crippen LogP contribution is 2.35. The first-order valence-corrected chi connectivity index (χ1v) is 8.71. The van der Waals surface area contributed by atoms with E-state index in [0.29, 0.717) is 29.9 Å². The second kappa shape index (κ2) is 6.74. The van der Waals surface area contributed by atoms with Gasteiger partial charge in [0, 0.05) is 5.75 Å². The Morgan fingerprint density at radius 2 is 1.88 bits per heavy atom. The summed E-state index contributed by atoms with van der Waals surface area (Å²) >= 11 is 0. The first-order chi connectivity index (χ1) is 7.98. The molecule has 0 aliphatic heterocycles. The van der Waals surface area contributed by atoms with Gasteiger partial charge in [-0.25, -0.2) is 8.42 Å². The summed E-state index contributed by atoms with van der Waals surface area (Å²) in [5.74, 6) is 2.49. The van der Waals surface area contributed by atoms with Crippen LogP contribution in [-0.2, 0) is 9.84 Å². The van der Waals surface area contributed by atoms with Crippen molar-refractivity contribution in [2.75, 3.05) is 18.1 Å². The van der Waals surface area contributed by atoms with Crippen LogP contribution in [-0.4, -0.2) is 26.5 Å². The summed E-state index contributed by atoms with van der Waals surface area (Å²) in [5.41, 5.74) is 5.79. The van der Waals surface area contributed by atoms with Crippen LogP contribution >= 0.6 is 0 Å². The Balaban J connectivity index is 2.48. The zero-order valence-corrected chi connectivity index (χ0v) is 12.0. The molecule has 1 fully saturated rings. The van der Waals surface area contributed by atoms with Gasteiger partial charge in [0.1, 0.15) is 9.84 Å². The smallest absolute Gasteiger partial charge is 0.150 e. The maximum atomic E-state index is 11.7. The number of hydrogen-bond donors (Lipinski definition) is 1. The van der Waals surface area contributed by atoms with E-state index in [9.17, 15) is 8.42 Å². The summed E-state index contributed by atoms with van der Waals surface area (Å²) in [5, 5.41) is 0. The molecule has 2 N–H and O–H groups in total. The fraction of sp³-hybridized carbons (Fsp3) is 1.00. The molecular formula is C13H27NO2S. The highest BCUT2D eigenvalue weighted by Gasteiger charge is 2.28. The topological polar surface area (TPSA) is 60.2 Å². The van der Waals surface area contributed by atoms with E-state index in [0.717, 1.165) is 25.2 Å². The van der Waals surface area contributed by atoms with E-state index in [1.807, 2.05) is 6.92 Å². The van der Waals surface area contributed by atoms with Crippen LogP contribution in [0.15, 0.2) is 0 Å². The summed E-state index contributed by atoms with van der Waals surface area (Å²) < 4.78 is 23.4. The average Bonchev–Trinajstić information content (AvgIpc) is 2.27. The van der Waals surface area contributed by atoms with Crippen molar-refractivity contribution < 1.29 is 8.42 Å². The third kappa shape index (κ3) is 4.96. The minimum atomic E-state index is -2.82. The van der Waals surface area contributed by atoms with Gasteiger partial charge in [0.2, 0.25) is 0 Å². The Bertz CT molecular complexity index is 313. The lowest BCUT2D eigenvalue weighted by atomic mass is 9.73. The molecule has 1 rings (SSSR count). The molecule has 102 valence electrons. The first kappa shape index (κ1) is 15.0. The maximum Gasteiger partial charge on any atom is 0.150 e. The molecular weight excluding hydrogens is 234 g/mol. The molecule has 4 heteroatoms. The highest BCUT2D eigenvalue weighted by atomic mass is 32.2. The van der Waals surface area contributed by atoms with Crippen molar-refractivity contribution in [3.8, 4) is 0 Å². The van der Waals surface area contributed by atoms with Gasteiger partial charge in [-0.3, -0.25) is 0 Å². The van der Waals surface area contributed by atoms with Gasteiger partial charge in [0.25, 0.3) is 0 Å². The minimum Gasteiger partial charge on any atom is -0.330 e. The number of rotatable bonds is 6. The van der Waals surface area contributed by atoms with Gasteiger partial charge in [-0.15, -0.1) is 0 Å². The molecule has 3 unspecified atom stereocenters. The van der Waals surface area contributed by atoms with Crippen molar-refractivity contribution in [2.24, 2.45) is 23.5 Å². The molecule has 17 heavy (non-hydrogen) atoms. The van der Waals surface area contributed by atoms with Crippen molar-refractivity contribution in [3.05, 3.63) is 0 Å². The van der Waals surface area contributed by atoms with Crippen LogP contribution in [0.5, 0.6) is 0 Å². The normalized spacial score (nSPS) is 30.4. The SMILES string of the molecule is CCCS(=O)(=O)CCC1CC(C)CCC1CN. The molecule has 0 bridgehead atoms. The van der Waals surface area contributed by atoms with Crippen LogP contribution in [0.3, 0.4) is 0 Å². The van der Waals surface area contributed by atoms with Gasteiger partial charge in [-0.2, -0.15) is 0 Å². The Kier molecular flexibility index (Phi) is 5.93. The van der Waals surface area contributed by atoms with E-state index in [1.165, 1.54) is 12.8 Å². The van der Waals surface area contributed by atoms with Gasteiger partial charge in [0.15, 0.2) is 0 Å². The molecule has 1 saturated carbocycles. The lowest BCUT2D eigenvalue weighted by Gasteiger charge is -2.34. The number of nitrogens with two attached hydrogens (primary N) is 1. The van der Waals surface area contributed by atoms with Crippen LogP contribution in [0, 0.1) is 17.8 Å². The summed E-state index contributed by atoms with van der Waals surface area (Å²) in [6.07, 6.45) is 5.12. The van der Waals surface area contributed by atoms with E-state index in [2.05, 4.69) is 6.92 Å². The van der Waals surface area contributed by atoms with Crippen LogP contribution in [0.1, 0.15) is 46.0 Å². The highest BCUT2D eigenvalue weighted by molar-refractivity contribution is 7.91. The van der Waals surface area contributed by atoms with Gasteiger partial charge in [-0.05, 0) is 50.0 Å². The molecule has 0 aromatic carbocycles. The minimum absolute atomic E-state index is 0.336. The van der Waals surface area contributed by atoms with Gasteiger partial charge in [-0.1, -0.05) is 20.3 Å². The van der Waals surface area contributed by atoms with Crippen molar-refractivity contribution in [3.63, 3.8) is 0 Å². The Labute approximate surface area is 106 Å².